The molecule has 4 atom stereocenters. The van der Waals surface area contributed by atoms with E-state index in [0.29, 0.717) is 18.1 Å². The minimum atomic E-state index is 0.0978. The Kier molecular flexibility index (Phi) is 5.90. The van der Waals surface area contributed by atoms with Gasteiger partial charge in [-0.05, 0) is 39.0 Å². The standard InChI is InChI=1S/C15H26O2/c1-5-6-7-8-9-10-14(16)15-11(2)12(3)17-13(15)4/h5,11-13,15H,1,6-10H2,2-4H3. The summed E-state index contributed by atoms with van der Waals surface area (Å²) in [6.07, 6.45) is 7.33. The Balaban J connectivity index is 2.29. The average molecular weight is 238 g/mol. The normalized spacial score (nSPS) is 32.6. The van der Waals surface area contributed by atoms with Crippen LogP contribution < -0.4 is 0 Å². The van der Waals surface area contributed by atoms with Gasteiger partial charge in [-0.2, -0.15) is 0 Å². The van der Waals surface area contributed by atoms with E-state index in [9.17, 15) is 4.79 Å². The summed E-state index contributed by atoms with van der Waals surface area (Å²) in [6.45, 7) is 9.93. The highest BCUT2D eigenvalue weighted by molar-refractivity contribution is 5.82. The molecule has 2 heteroatoms. The fraction of sp³-hybridized carbons (Fsp3) is 0.800. The number of carbonyl (C=O) groups excluding carboxylic acids is 1. The molecule has 0 saturated carbocycles. The van der Waals surface area contributed by atoms with Crippen LogP contribution in [0, 0.1) is 11.8 Å². The minimum absolute atomic E-state index is 0.0978. The van der Waals surface area contributed by atoms with Crippen molar-refractivity contribution in [2.45, 2.75) is 65.1 Å². The molecule has 17 heavy (non-hydrogen) atoms. The lowest BCUT2D eigenvalue weighted by atomic mass is 9.84. The lowest BCUT2D eigenvalue weighted by molar-refractivity contribution is -0.125. The predicted molar refractivity (Wildman–Crippen MR) is 71.0 cm³/mol. The summed E-state index contributed by atoms with van der Waals surface area (Å²) < 4.78 is 5.72. The first-order valence-electron chi connectivity index (χ1n) is 6.87. The highest BCUT2D eigenvalue weighted by atomic mass is 16.5. The van der Waals surface area contributed by atoms with E-state index in [1.807, 2.05) is 13.0 Å². The molecule has 0 bridgehead atoms. The van der Waals surface area contributed by atoms with Crippen molar-refractivity contribution in [1.82, 2.24) is 0 Å². The van der Waals surface area contributed by atoms with E-state index in [1.165, 1.54) is 0 Å². The van der Waals surface area contributed by atoms with E-state index in [1.54, 1.807) is 0 Å². The second-order valence-electron chi connectivity index (χ2n) is 5.29. The van der Waals surface area contributed by atoms with Crippen LogP contribution in [0.4, 0.5) is 0 Å². The first-order chi connectivity index (χ1) is 8.07. The topological polar surface area (TPSA) is 26.3 Å². The molecule has 1 fully saturated rings. The Morgan fingerprint density at radius 2 is 1.88 bits per heavy atom. The molecule has 2 nitrogen and oxygen atoms in total. The van der Waals surface area contributed by atoms with Crippen LogP contribution >= 0.6 is 0 Å². The van der Waals surface area contributed by atoms with Gasteiger partial charge in [0.25, 0.3) is 0 Å². The van der Waals surface area contributed by atoms with Crippen molar-refractivity contribution < 1.29 is 9.53 Å². The van der Waals surface area contributed by atoms with Gasteiger partial charge >= 0.3 is 0 Å². The number of carbonyl (C=O) groups is 1. The Bertz CT molecular complexity index is 260. The van der Waals surface area contributed by atoms with Gasteiger partial charge in [-0.1, -0.05) is 19.4 Å². The zero-order valence-electron chi connectivity index (χ0n) is 11.4. The minimum Gasteiger partial charge on any atom is -0.375 e. The third-order valence-electron chi connectivity index (χ3n) is 3.95. The third-order valence-corrected chi connectivity index (χ3v) is 3.95. The van der Waals surface area contributed by atoms with E-state index in [2.05, 4.69) is 20.4 Å². The third kappa shape index (κ3) is 3.95. The lowest BCUT2D eigenvalue weighted by Crippen LogP contribution is -2.26. The molecule has 1 saturated heterocycles. The number of allylic oxidation sites excluding steroid dienone is 1. The van der Waals surface area contributed by atoms with Gasteiger partial charge in [-0.25, -0.2) is 0 Å². The number of ketones is 1. The molecule has 0 aromatic rings. The number of ether oxygens (including phenoxy) is 1. The molecule has 0 spiro atoms. The zero-order chi connectivity index (χ0) is 12.8. The van der Waals surface area contributed by atoms with Crippen LogP contribution in [-0.4, -0.2) is 18.0 Å². The van der Waals surface area contributed by atoms with Crippen molar-refractivity contribution in [3.63, 3.8) is 0 Å². The van der Waals surface area contributed by atoms with E-state index < -0.39 is 0 Å². The van der Waals surface area contributed by atoms with Crippen LogP contribution in [0.2, 0.25) is 0 Å². The van der Waals surface area contributed by atoms with Gasteiger partial charge in [0.1, 0.15) is 5.78 Å². The fourth-order valence-electron chi connectivity index (χ4n) is 2.75. The lowest BCUT2D eigenvalue weighted by Gasteiger charge is -2.16. The summed E-state index contributed by atoms with van der Waals surface area (Å²) >= 11 is 0. The Morgan fingerprint density at radius 1 is 1.18 bits per heavy atom. The molecule has 4 unspecified atom stereocenters. The maximum Gasteiger partial charge on any atom is 0.138 e. The molecule has 1 rings (SSSR count). The van der Waals surface area contributed by atoms with Gasteiger partial charge < -0.3 is 4.74 Å². The van der Waals surface area contributed by atoms with Crippen molar-refractivity contribution in [3.8, 4) is 0 Å². The van der Waals surface area contributed by atoms with Crippen LogP contribution in [0.15, 0.2) is 12.7 Å². The van der Waals surface area contributed by atoms with Gasteiger partial charge in [0, 0.05) is 12.3 Å². The van der Waals surface area contributed by atoms with Gasteiger partial charge in [-0.15, -0.1) is 6.58 Å². The summed E-state index contributed by atoms with van der Waals surface area (Å²) in [5.74, 6) is 0.878. The zero-order valence-corrected chi connectivity index (χ0v) is 11.4. The summed E-state index contributed by atoms with van der Waals surface area (Å²) in [5, 5.41) is 0. The second kappa shape index (κ2) is 6.95. The Hall–Kier alpha value is -0.630. The van der Waals surface area contributed by atoms with Crippen molar-refractivity contribution in [3.05, 3.63) is 12.7 Å². The SMILES string of the molecule is C=CCCCCCC(=O)C1C(C)OC(C)C1C. The average Bonchev–Trinajstić information content (AvgIpc) is 2.53. The first kappa shape index (κ1) is 14.4. The number of hydrogen-bond acceptors (Lipinski definition) is 2. The maximum absolute atomic E-state index is 12.1. The van der Waals surface area contributed by atoms with Crippen LogP contribution in [0.3, 0.4) is 0 Å². The molecule has 0 aromatic heterocycles. The molecule has 1 aliphatic heterocycles. The molecule has 1 heterocycles. The highest BCUT2D eigenvalue weighted by Crippen LogP contribution is 2.33. The summed E-state index contributed by atoms with van der Waals surface area (Å²) in [7, 11) is 0. The Labute approximate surface area is 105 Å². The second-order valence-corrected chi connectivity index (χ2v) is 5.29. The number of rotatable bonds is 7. The molecule has 0 N–H and O–H groups in total. The van der Waals surface area contributed by atoms with Crippen LogP contribution in [0.25, 0.3) is 0 Å². The van der Waals surface area contributed by atoms with E-state index in [0.717, 1.165) is 25.7 Å². The highest BCUT2D eigenvalue weighted by Gasteiger charge is 2.40. The molecule has 0 aliphatic carbocycles. The van der Waals surface area contributed by atoms with Crippen LogP contribution in [0.1, 0.15) is 52.9 Å². The van der Waals surface area contributed by atoms with E-state index in [-0.39, 0.29) is 18.1 Å². The summed E-state index contributed by atoms with van der Waals surface area (Å²) in [4.78, 5) is 12.1. The fourth-order valence-corrected chi connectivity index (χ4v) is 2.75. The molecular weight excluding hydrogens is 212 g/mol. The van der Waals surface area contributed by atoms with E-state index in [4.69, 9.17) is 4.74 Å². The largest absolute Gasteiger partial charge is 0.375 e. The van der Waals surface area contributed by atoms with E-state index >= 15 is 0 Å². The molecule has 1 aliphatic rings. The molecule has 0 aromatic carbocycles. The van der Waals surface area contributed by atoms with Gasteiger partial charge in [0.05, 0.1) is 12.2 Å². The first-order valence-corrected chi connectivity index (χ1v) is 6.87. The summed E-state index contributed by atoms with van der Waals surface area (Å²) in [6, 6.07) is 0. The monoisotopic (exact) mass is 238 g/mol. The van der Waals surface area contributed by atoms with Crippen molar-refractivity contribution in [2.24, 2.45) is 11.8 Å². The number of unbranched alkanes of at least 4 members (excludes halogenated alkanes) is 3. The maximum atomic E-state index is 12.1. The summed E-state index contributed by atoms with van der Waals surface area (Å²) in [5.41, 5.74) is 0. The van der Waals surface area contributed by atoms with Gasteiger partial charge in [-0.3, -0.25) is 4.79 Å². The number of Topliss-reactive ketones (excluding diaryl/α,β-unsaturated/α-hetero) is 1. The van der Waals surface area contributed by atoms with Crippen LogP contribution in [-0.2, 0) is 9.53 Å². The van der Waals surface area contributed by atoms with Crippen molar-refractivity contribution >= 4 is 5.78 Å². The smallest absolute Gasteiger partial charge is 0.138 e. The Morgan fingerprint density at radius 3 is 2.41 bits per heavy atom. The molecule has 98 valence electrons. The number of hydrogen-bond donors (Lipinski definition) is 0. The quantitative estimate of drug-likeness (QED) is 0.499. The van der Waals surface area contributed by atoms with Crippen molar-refractivity contribution in [1.29, 1.82) is 0 Å². The van der Waals surface area contributed by atoms with Crippen LogP contribution in [0.5, 0.6) is 0 Å². The van der Waals surface area contributed by atoms with Crippen molar-refractivity contribution in [2.75, 3.05) is 0 Å². The van der Waals surface area contributed by atoms with Gasteiger partial charge in [0.15, 0.2) is 0 Å². The molecule has 0 radical (unpaired) electrons. The predicted octanol–water partition coefficient (Wildman–Crippen LogP) is 3.75. The molecular formula is C15H26O2. The molecule has 0 amide bonds. The van der Waals surface area contributed by atoms with Gasteiger partial charge in [0.2, 0.25) is 0 Å².